The van der Waals surface area contributed by atoms with Crippen LogP contribution >= 0.6 is 12.2 Å². The van der Waals surface area contributed by atoms with Crippen molar-refractivity contribution < 1.29 is 0 Å². The summed E-state index contributed by atoms with van der Waals surface area (Å²) < 4.78 is 1.65. The molecule has 2 rings (SSSR count). The first-order valence-corrected chi connectivity index (χ1v) is 5.58. The third-order valence-corrected chi connectivity index (χ3v) is 2.17. The Hall–Kier alpha value is -2.35. The molecule has 3 N–H and O–H groups in total. The highest BCUT2D eigenvalue weighted by Gasteiger charge is 2.05. The number of para-hydroxylation sites is 1. The van der Waals surface area contributed by atoms with Crippen LogP contribution in [0.3, 0.4) is 0 Å². The van der Waals surface area contributed by atoms with Gasteiger partial charge in [-0.05, 0) is 34.8 Å². The lowest BCUT2D eigenvalue weighted by Crippen LogP contribution is -2.24. The molecule has 0 radical (unpaired) electrons. The van der Waals surface area contributed by atoms with Crippen molar-refractivity contribution in [2.24, 2.45) is 10.8 Å². The van der Waals surface area contributed by atoms with Crippen LogP contribution in [0.15, 0.2) is 35.4 Å². The maximum atomic E-state index is 5.23. The molecule has 1 aromatic carbocycles. The average molecular weight is 261 g/mol. The fourth-order valence-electron chi connectivity index (χ4n) is 1.34. The van der Waals surface area contributed by atoms with Gasteiger partial charge in [-0.1, -0.05) is 18.2 Å². The molecule has 18 heavy (non-hydrogen) atoms. The number of hydrogen-bond acceptors (Lipinski definition) is 5. The van der Waals surface area contributed by atoms with Crippen molar-refractivity contribution in [2.45, 2.75) is 6.42 Å². The van der Waals surface area contributed by atoms with Gasteiger partial charge in [0.15, 0.2) is 10.9 Å². The molecule has 0 saturated heterocycles. The Bertz CT molecular complexity index is 548. The smallest absolute Gasteiger partial charge is 0.184 e. The largest absolute Gasteiger partial charge is 0.375 e. The van der Waals surface area contributed by atoms with E-state index in [0.29, 0.717) is 12.2 Å². The molecule has 1 aromatic heterocycles. The second-order valence-corrected chi connectivity index (χ2v) is 3.77. The van der Waals surface area contributed by atoms with Gasteiger partial charge < -0.3 is 5.73 Å². The van der Waals surface area contributed by atoms with Gasteiger partial charge >= 0.3 is 0 Å². The lowest BCUT2D eigenvalue weighted by Gasteiger charge is -2.01. The first-order chi connectivity index (χ1) is 8.77. The Labute approximate surface area is 109 Å². The van der Waals surface area contributed by atoms with Crippen molar-refractivity contribution in [1.82, 2.24) is 25.6 Å². The van der Waals surface area contributed by atoms with Gasteiger partial charge in [0, 0.05) is 12.6 Å². The highest BCUT2D eigenvalue weighted by atomic mass is 32.1. The molecule has 2 aromatic rings. The van der Waals surface area contributed by atoms with E-state index in [9.17, 15) is 0 Å². The van der Waals surface area contributed by atoms with Crippen molar-refractivity contribution in [3.8, 4) is 5.69 Å². The van der Waals surface area contributed by atoms with Crippen LogP contribution in [0.25, 0.3) is 5.69 Å². The Morgan fingerprint density at radius 3 is 2.94 bits per heavy atom. The predicted molar refractivity (Wildman–Crippen MR) is 71.3 cm³/mol. The molecule has 0 aliphatic carbocycles. The molecule has 0 amide bonds. The minimum atomic E-state index is 0.119. The van der Waals surface area contributed by atoms with E-state index in [0.717, 1.165) is 5.69 Å². The minimum Gasteiger partial charge on any atom is -0.375 e. The Morgan fingerprint density at radius 2 is 2.22 bits per heavy atom. The quantitative estimate of drug-likeness (QED) is 0.458. The lowest BCUT2D eigenvalue weighted by atomic mass is 10.3. The van der Waals surface area contributed by atoms with Gasteiger partial charge in [-0.25, -0.2) is 0 Å². The number of benzene rings is 1. The lowest BCUT2D eigenvalue weighted by molar-refractivity contribution is 0.775. The first kappa shape index (κ1) is 12.1. The Balaban J connectivity index is 2.09. The molecule has 1 heterocycles. The minimum absolute atomic E-state index is 0.119. The molecule has 0 spiro atoms. The molecular formula is C10H11N7S. The molecule has 0 aliphatic rings. The van der Waals surface area contributed by atoms with E-state index in [1.807, 2.05) is 30.3 Å². The van der Waals surface area contributed by atoms with Crippen LogP contribution < -0.4 is 11.2 Å². The van der Waals surface area contributed by atoms with Crippen molar-refractivity contribution in [3.05, 3.63) is 36.2 Å². The number of hydrogen-bond donors (Lipinski definition) is 2. The molecule has 7 nitrogen and oxygen atoms in total. The summed E-state index contributed by atoms with van der Waals surface area (Å²) in [5.74, 6) is 0.676. The maximum Gasteiger partial charge on any atom is 0.184 e. The van der Waals surface area contributed by atoms with E-state index in [2.05, 4.69) is 38.3 Å². The number of nitrogens with zero attached hydrogens (tertiary/aromatic N) is 5. The molecule has 0 unspecified atom stereocenters. The fourth-order valence-corrected chi connectivity index (χ4v) is 1.39. The first-order valence-electron chi connectivity index (χ1n) is 5.17. The van der Waals surface area contributed by atoms with Gasteiger partial charge in [0.25, 0.3) is 0 Å². The summed E-state index contributed by atoms with van der Waals surface area (Å²) >= 11 is 4.62. The number of tetrazole rings is 1. The highest BCUT2D eigenvalue weighted by molar-refractivity contribution is 7.80. The van der Waals surface area contributed by atoms with E-state index in [1.54, 1.807) is 10.9 Å². The van der Waals surface area contributed by atoms with Gasteiger partial charge in [0.1, 0.15) is 0 Å². The SMILES string of the molecule is NC(=S)NN=CCc1nnnn1-c1ccccc1. The fraction of sp³-hybridized carbons (Fsp3) is 0.100. The van der Waals surface area contributed by atoms with Gasteiger partial charge in [-0.15, -0.1) is 5.10 Å². The van der Waals surface area contributed by atoms with Gasteiger partial charge in [-0.3, -0.25) is 5.43 Å². The summed E-state index contributed by atoms with van der Waals surface area (Å²) in [6, 6.07) is 9.61. The third-order valence-electron chi connectivity index (χ3n) is 2.07. The topological polar surface area (TPSA) is 94.0 Å². The van der Waals surface area contributed by atoms with Gasteiger partial charge in [-0.2, -0.15) is 9.78 Å². The third kappa shape index (κ3) is 3.08. The Kier molecular flexibility index (Phi) is 3.92. The van der Waals surface area contributed by atoms with Crippen LogP contribution in [0.5, 0.6) is 0 Å². The zero-order valence-corrected chi connectivity index (χ0v) is 10.2. The van der Waals surface area contributed by atoms with Crippen LogP contribution in [0.4, 0.5) is 0 Å². The molecule has 92 valence electrons. The van der Waals surface area contributed by atoms with E-state index in [1.165, 1.54) is 0 Å². The average Bonchev–Trinajstić information content (AvgIpc) is 2.84. The molecule has 0 fully saturated rings. The van der Waals surface area contributed by atoms with Crippen LogP contribution in [0, 0.1) is 0 Å². The van der Waals surface area contributed by atoms with Crippen molar-refractivity contribution in [2.75, 3.05) is 0 Å². The number of thiocarbonyl (C=S) groups is 1. The monoisotopic (exact) mass is 261 g/mol. The van der Waals surface area contributed by atoms with Crippen LogP contribution in [-0.2, 0) is 6.42 Å². The van der Waals surface area contributed by atoms with E-state index >= 15 is 0 Å². The highest BCUT2D eigenvalue weighted by Crippen LogP contribution is 2.06. The molecular weight excluding hydrogens is 250 g/mol. The van der Waals surface area contributed by atoms with E-state index in [-0.39, 0.29) is 5.11 Å². The summed E-state index contributed by atoms with van der Waals surface area (Å²) in [5, 5.41) is 15.4. The number of hydrazone groups is 1. The predicted octanol–water partition coefficient (Wildman–Crippen LogP) is 0.0238. The summed E-state index contributed by atoms with van der Waals surface area (Å²) in [6.45, 7) is 0. The van der Waals surface area contributed by atoms with Crippen LogP contribution in [0.2, 0.25) is 0 Å². The molecule has 8 heteroatoms. The summed E-state index contributed by atoms with van der Waals surface area (Å²) in [4.78, 5) is 0. The standard InChI is InChI=1S/C10H11N7S/c11-10(18)14-12-7-6-9-13-15-16-17(9)8-4-2-1-3-5-8/h1-5,7H,6H2,(H3,11,14,18). The Morgan fingerprint density at radius 1 is 1.44 bits per heavy atom. The van der Waals surface area contributed by atoms with Crippen LogP contribution in [-0.4, -0.2) is 31.5 Å². The van der Waals surface area contributed by atoms with E-state index in [4.69, 9.17) is 5.73 Å². The zero-order valence-electron chi connectivity index (χ0n) is 9.39. The second-order valence-electron chi connectivity index (χ2n) is 3.33. The molecule has 0 saturated carbocycles. The van der Waals surface area contributed by atoms with E-state index < -0.39 is 0 Å². The van der Waals surface area contributed by atoms with Gasteiger partial charge in [0.05, 0.1) is 5.69 Å². The molecule has 0 bridgehead atoms. The van der Waals surface area contributed by atoms with Crippen molar-refractivity contribution >= 4 is 23.5 Å². The summed E-state index contributed by atoms with van der Waals surface area (Å²) in [5.41, 5.74) is 8.60. The summed E-state index contributed by atoms with van der Waals surface area (Å²) in [6.07, 6.45) is 2.07. The van der Waals surface area contributed by atoms with Crippen molar-refractivity contribution in [3.63, 3.8) is 0 Å². The van der Waals surface area contributed by atoms with Crippen LogP contribution in [0.1, 0.15) is 5.82 Å². The normalized spacial score (nSPS) is 10.7. The van der Waals surface area contributed by atoms with Crippen molar-refractivity contribution in [1.29, 1.82) is 0 Å². The molecule has 0 aliphatic heterocycles. The number of aromatic nitrogens is 4. The molecule has 0 atom stereocenters. The zero-order chi connectivity index (χ0) is 12.8. The number of nitrogens with two attached hydrogens (primary N) is 1. The number of rotatable bonds is 4. The second kappa shape index (κ2) is 5.82. The van der Waals surface area contributed by atoms with Gasteiger partial charge in [0.2, 0.25) is 0 Å². The summed E-state index contributed by atoms with van der Waals surface area (Å²) in [7, 11) is 0. The number of nitrogens with one attached hydrogen (secondary N) is 1. The maximum absolute atomic E-state index is 5.23.